The van der Waals surface area contributed by atoms with Crippen molar-refractivity contribution in [1.82, 2.24) is 4.72 Å². The van der Waals surface area contributed by atoms with Crippen LogP contribution < -0.4 is 4.72 Å². The summed E-state index contributed by atoms with van der Waals surface area (Å²) >= 11 is 0. The molecule has 1 rings (SSSR count). The Balaban J connectivity index is 2.76. The summed E-state index contributed by atoms with van der Waals surface area (Å²) in [7, 11) is -2.22. The highest BCUT2D eigenvalue weighted by Crippen LogP contribution is 2.14. The molecule has 0 fully saturated rings. The highest BCUT2D eigenvalue weighted by molar-refractivity contribution is 7.89. The second kappa shape index (κ2) is 9.59. The van der Waals surface area contributed by atoms with E-state index in [0.717, 1.165) is 18.4 Å². The lowest BCUT2D eigenvalue weighted by Crippen LogP contribution is -2.31. The zero-order valence-corrected chi connectivity index (χ0v) is 15.6. The fraction of sp³-hybridized carbons (Fsp3) is 0.500. The van der Waals surface area contributed by atoms with Crippen molar-refractivity contribution < 1.29 is 17.9 Å². The van der Waals surface area contributed by atoms with Gasteiger partial charge in [0, 0.05) is 6.04 Å². The molecule has 0 amide bonds. The van der Waals surface area contributed by atoms with Crippen LogP contribution in [0.4, 0.5) is 0 Å². The molecule has 0 saturated carbocycles. The number of aryl methyl sites for hydroxylation is 1. The fourth-order valence-electron chi connectivity index (χ4n) is 2.24. The van der Waals surface area contributed by atoms with E-state index in [4.69, 9.17) is 4.74 Å². The molecule has 0 aromatic heterocycles. The molecule has 1 aromatic rings. The number of nitrogens with one attached hydrogen (secondary N) is 1. The molecule has 6 heteroatoms. The minimum Gasteiger partial charge on any atom is -0.469 e. The first-order chi connectivity index (χ1) is 11.3. The Morgan fingerprint density at radius 3 is 2.42 bits per heavy atom. The van der Waals surface area contributed by atoms with E-state index in [0.29, 0.717) is 6.42 Å². The van der Waals surface area contributed by atoms with E-state index < -0.39 is 16.1 Å². The van der Waals surface area contributed by atoms with Gasteiger partial charge in [-0.3, -0.25) is 4.79 Å². The van der Waals surface area contributed by atoms with Crippen molar-refractivity contribution in [3.05, 3.63) is 42.0 Å². The summed E-state index contributed by atoms with van der Waals surface area (Å²) in [6.07, 6.45) is 6.01. The summed E-state index contributed by atoms with van der Waals surface area (Å²) in [5, 5.41) is 0. The van der Waals surface area contributed by atoms with Crippen LogP contribution in [0.3, 0.4) is 0 Å². The van der Waals surface area contributed by atoms with Crippen LogP contribution >= 0.6 is 0 Å². The molecule has 134 valence electrons. The summed E-state index contributed by atoms with van der Waals surface area (Å²) in [4.78, 5) is 12.0. The molecule has 0 aliphatic rings. The van der Waals surface area contributed by atoms with Crippen LogP contribution in [0.25, 0.3) is 0 Å². The Kier molecular flexibility index (Phi) is 8.15. The van der Waals surface area contributed by atoms with E-state index in [-0.39, 0.29) is 16.8 Å². The van der Waals surface area contributed by atoms with E-state index >= 15 is 0 Å². The van der Waals surface area contributed by atoms with Crippen molar-refractivity contribution in [2.75, 3.05) is 7.11 Å². The van der Waals surface area contributed by atoms with Crippen molar-refractivity contribution >= 4 is 16.0 Å². The summed E-state index contributed by atoms with van der Waals surface area (Å²) in [6.45, 7) is 5.69. The van der Waals surface area contributed by atoms with Crippen molar-refractivity contribution in [3.8, 4) is 0 Å². The molecule has 0 spiro atoms. The first kappa shape index (κ1) is 20.4. The van der Waals surface area contributed by atoms with Crippen molar-refractivity contribution in [3.63, 3.8) is 0 Å². The number of methoxy groups -OCH3 is 1. The maximum Gasteiger partial charge on any atom is 0.312 e. The van der Waals surface area contributed by atoms with Crippen LogP contribution in [0.15, 0.2) is 41.3 Å². The van der Waals surface area contributed by atoms with Gasteiger partial charge in [-0.1, -0.05) is 49.6 Å². The molecule has 24 heavy (non-hydrogen) atoms. The van der Waals surface area contributed by atoms with Gasteiger partial charge in [-0.25, -0.2) is 13.1 Å². The van der Waals surface area contributed by atoms with Crippen LogP contribution in [0.2, 0.25) is 0 Å². The zero-order chi connectivity index (χ0) is 18.2. The van der Waals surface area contributed by atoms with Crippen molar-refractivity contribution in [2.24, 2.45) is 5.92 Å². The molecule has 0 heterocycles. The Labute approximate surface area is 145 Å². The average Bonchev–Trinajstić information content (AvgIpc) is 2.54. The predicted molar refractivity (Wildman–Crippen MR) is 95.1 cm³/mol. The first-order valence-corrected chi connectivity index (χ1v) is 9.63. The number of hydrogen-bond donors (Lipinski definition) is 1. The molecule has 0 bridgehead atoms. The first-order valence-electron chi connectivity index (χ1n) is 8.15. The molecular weight excluding hydrogens is 326 g/mol. The average molecular weight is 353 g/mol. The Morgan fingerprint density at radius 1 is 1.25 bits per heavy atom. The van der Waals surface area contributed by atoms with Gasteiger partial charge in [-0.2, -0.15) is 0 Å². The number of sulfonamides is 1. The van der Waals surface area contributed by atoms with Gasteiger partial charge in [-0.15, -0.1) is 0 Å². The molecular formula is C18H27NO4S. The maximum atomic E-state index is 12.3. The van der Waals surface area contributed by atoms with Crippen LogP contribution in [0, 0.1) is 12.8 Å². The number of esters is 1. The molecule has 2 atom stereocenters. The van der Waals surface area contributed by atoms with E-state index in [1.807, 2.05) is 6.92 Å². The number of unbranched alkanes of at least 4 members (excludes halogenated alkanes) is 1. The van der Waals surface area contributed by atoms with Gasteiger partial charge >= 0.3 is 5.97 Å². The molecule has 1 N–H and O–H groups in total. The van der Waals surface area contributed by atoms with E-state index in [9.17, 15) is 13.2 Å². The number of ether oxygens (including phenoxy) is 1. The summed E-state index contributed by atoms with van der Waals surface area (Å²) in [5.74, 6) is -0.644. The van der Waals surface area contributed by atoms with Crippen LogP contribution in [-0.4, -0.2) is 27.5 Å². The Bertz CT molecular complexity index is 650. The van der Waals surface area contributed by atoms with Crippen LogP contribution in [-0.2, 0) is 19.6 Å². The smallest absolute Gasteiger partial charge is 0.312 e. The van der Waals surface area contributed by atoms with Gasteiger partial charge in [0.1, 0.15) is 0 Å². The normalized spacial score (nSPS) is 14.5. The van der Waals surface area contributed by atoms with Gasteiger partial charge in [0.15, 0.2) is 0 Å². The maximum absolute atomic E-state index is 12.3. The molecule has 0 aliphatic heterocycles. The molecule has 0 saturated heterocycles. The lowest BCUT2D eigenvalue weighted by molar-refractivity contribution is -0.143. The molecule has 0 unspecified atom stereocenters. The zero-order valence-electron chi connectivity index (χ0n) is 14.8. The third-order valence-electron chi connectivity index (χ3n) is 3.68. The summed E-state index contributed by atoms with van der Waals surface area (Å²) in [5.41, 5.74) is 0.999. The van der Waals surface area contributed by atoms with Crippen LogP contribution in [0.5, 0.6) is 0 Å². The van der Waals surface area contributed by atoms with Crippen molar-refractivity contribution in [2.45, 2.75) is 51.0 Å². The van der Waals surface area contributed by atoms with Crippen molar-refractivity contribution in [1.29, 1.82) is 0 Å². The third kappa shape index (κ3) is 6.45. The Hall–Kier alpha value is -1.66. The molecule has 1 aromatic carbocycles. The topological polar surface area (TPSA) is 72.5 Å². The number of rotatable bonds is 9. The lowest BCUT2D eigenvalue weighted by atomic mass is 10.0. The second-order valence-electron chi connectivity index (χ2n) is 5.88. The quantitative estimate of drug-likeness (QED) is 0.546. The van der Waals surface area contributed by atoms with Gasteiger partial charge in [0.05, 0.1) is 17.9 Å². The molecule has 5 nitrogen and oxygen atoms in total. The fourth-order valence-corrected chi connectivity index (χ4v) is 3.44. The second-order valence-corrected chi connectivity index (χ2v) is 7.59. The standard InChI is InChI=1S/C18H27NO4S/c1-5-6-7-16(18(20)23-4)11-10-15(3)19-24(21,22)17-12-8-14(2)9-13-17/h8-13,15-16,19H,5-7H2,1-4H3/b11-10+/t15-,16+/m0/s1. The van der Waals surface area contributed by atoms with E-state index in [1.54, 1.807) is 43.3 Å². The molecule has 0 radical (unpaired) electrons. The highest BCUT2D eigenvalue weighted by Gasteiger charge is 2.18. The monoisotopic (exact) mass is 353 g/mol. The number of carbonyl (C=O) groups is 1. The highest BCUT2D eigenvalue weighted by atomic mass is 32.2. The van der Waals surface area contributed by atoms with Gasteiger partial charge in [-0.05, 0) is 32.4 Å². The number of carbonyl (C=O) groups excluding carboxylic acids is 1. The minimum atomic E-state index is -3.58. The van der Waals surface area contributed by atoms with Gasteiger partial charge in [0.2, 0.25) is 10.0 Å². The van der Waals surface area contributed by atoms with Crippen LogP contribution in [0.1, 0.15) is 38.7 Å². The van der Waals surface area contributed by atoms with Gasteiger partial charge in [0.25, 0.3) is 0 Å². The Morgan fingerprint density at radius 2 is 1.88 bits per heavy atom. The predicted octanol–water partition coefficient (Wildman–Crippen LogP) is 3.20. The molecule has 0 aliphatic carbocycles. The lowest BCUT2D eigenvalue weighted by Gasteiger charge is -2.13. The van der Waals surface area contributed by atoms with Gasteiger partial charge < -0.3 is 4.74 Å². The number of hydrogen-bond acceptors (Lipinski definition) is 4. The summed E-state index contributed by atoms with van der Waals surface area (Å²) in [6, 6.07) is 6.24. The largest absolute Gasteiger partial charge is 0.469 e. The summed E-state index contributed by atoms with van der Waals surface area (Å²) < 4.78 is 32.0. The SMILES string of the molecule is CCCC[C@H](/C=C/[C@H](C)NS(=O)(=O)c1ccc(C)cc1)C(=O)OC. The number of benzene rings is 1. The van der Waals surface area contributed by atoms with E-state index in [2.05, 4.69) is 11.6 Å². The van der Waals surface area contributed by atoms with E-state index in [1.165, 1.54) is 7.11 Å². The third-order valence-corrected chi connectivity index (χ3v) is 5.25. The minimum absolute atomic E-state index is 0.226.